The van der Waals surface area contributed by atoms with Crippen molar-refractivity contribution in [2.75, 3.05) is 13.2 Å². The number of carbonyl (C=O) groups is 1. The van der Waals surface area contributed by atoms with Crippen LogP contribution in [0.3, 0.4) is 0 Å². The predicted octanol–water partition coefficient (Wildman–Crippen LogP) is 2.83. The number of hydrogen-bond acceptors (Lipinski definition) is 4. The summed E-state index contributed by atoms with van der Waals surface area (Å²) >= 11 is 11.7. The Morgan fingerprint density at radius 2 is 2.05 bits per heavy atom. The van der Waals surface area contributed by atoms with Crippen molar-refractivity contribution in [1.29, 1.82) is 0 Å². The van der Waals surface area contributed by atoms with E-state index in [1.165, 1.54) is 6.07 Å². The molecule has 1 aromatic carbocycles. The molecule has 2 rings (SSSR count). The molecule has 0 aliphatic carbocycles. The van der Waals surface area contributed by atoms with Gasteiger partial charge in [-0.25, -0.2) is 8.42 Å². The standard InChI is InChI=1S/C12H12Cl3NO4S/c1-12(2-3-20-6-12)16-11(17)7-4-8(13)10(14)9(5-7)21(15,18)19/h4-5H,2-3,6H2,1H3,(H,16,17). The van der Waals surface area contributed by atoms with E-state index in [1.807, 2.05) is 6.92 Å². The third-order valence-electron chi connectivity index (χ3n) is 3.15. The van der Waals surface area contributed by atoms with Gasteiger partial charge in [0.25, 0.3) is 15.0 Å². The molecular weight excluding hydrogens is 361 g/mol. The monoisotopic (exact) mass is 371 g/mol. The Hall–Kier alpha value is -0.530. The lowest BCUT2D eigenvalue weighted by molar-refractivity contribution is 0.0889. The van der Waals surface area contributed by atoms with Gasteiger partial charge in [0.05, 0.1) is 22.2 Å². The lowest BCUT2D eigenvalue weighted by atomic mass is 10.0. The van der Waals surface area contributed by atoms with E-state index in [0.29, 0.717) is 19.6 Å². The minimum absolute atomic E-state index is 0.0589. The quantitative estimate of drug-likeness (QED) is 0.828. The topological polar surface area (TPSA) is 72.5 Å². The van der Waals surface area contributed by atoms with Gasteiger partial charge in [-0.15, -0.1) is 0 Å². The molecule has 1 amide bonds. The zero-order valence-corrected chi connectivity index (χ0v) is 14.0. The first-order valence-corrected chi connectivity index (χ1v) is 9.03. The van der Waals surface area contributed by atoms with Crippen molar-refractivity contribution in [3.63, 3.8) is 0 Å². The van der Waals surface area contributed by atoms with Crippen molar-refractivity contribution in [1.82, 2.24) is 5.32 Å². The zero-order valence-electron chi connectivity index (χ0n) is 11.0. The smallest absolute Gasteiger partial charge is 0.262 e. The molecule has 1 saturated heterocycles. The maximum Gasteiger partial charge on any atom is 0.262 e. The van der Waals surface area contributed by atoms with E-state index in [9.17, 15) is 13.2 Å². The molecule has 1 aliphatic heterocycles. The Labute approximate surface area is 136 Å². The maximum absolute atomic E-state index is 12.2. The molecule has 1 aromatic rings. The zero-order chi connectivity index (χ0) is 15.8. The fraction of sp³-hybridized carbons (Fsp3) is 0.417. The molecule has 21 heavy (non-hydrogen) atoms. The van der Waals surface area contributed by atoms with Crippen LogP contribution in [-0.4, -0.2) is 33.1 Å². The molecule has 0 saturated carbocycles. The van der Waals surface area contributed by atoms with Crippen LogP contribution in [0, 0.1) is 0 Å². The predicted molar refractivity (Wildman–Crippen MR) is 80.8 cm³/mol. The number of hydrogen-bond donors (Lipinski definition) is 1. The minimum Gasteiger partial charge on any atom is -0.379 e. The molecule has 0 radical (unpaired) electrons. The van der Waals surface area contributed by atoms with Crippen LogP contribution >= 0.6 is 33.9 Å². The normalized spacial score (nSPS) is 22.3. The van der Waals surface area contributed by atoms with E-state index in [-0.39, 0.29) is 15.6 Å². The second-order valence-electron chi connectivity index (χ2n) is 5.03. The summed E-state index contributed by atoms with van der Waals surface area (Å²) < 4.78 is 28.2. The van der Waals surface area contributed by atoms with E-state index in [4.69, 9.17) is 38.6 Å². The van der Waals surface area contributed by atoms with Gasteiger partial charge in [0.1, 0.15) is 4.90 Å². The van der Waals surface area contributed by atoms with Crippen LogP contribution < -0.4 is 5.32 Å². The summed E-state index contributed by atoms with van der Waals surface area (Å²) in [4.78, 5) is 11.8. The van der Waals surface area contributed by atoms with E-state index in [2.05, 4.69) is 5.32 Å². The molecule has 1 N–H and O–H groups in total. The molecule has 1 unspecified atom stereocenters. The first kappa shape index (κ1) is 16.8. The van der Waals surface area contributed by atoms with Gasteiger partial charge in [-0.05, 0) is 25.5 Å². The summed E-state index contributed by atoms with van der Waals surface area (Å²) in [6, 6.07) is 2.40. The van der Waals surface area contributed by atoms with Crippen LogP contribution in [0.2, 0.25) is 10.0 Å². The number of nitrogens with one attached hydrogen (secondary N) is 1. The Morgan fingerprint density at radius 1 is 1.38 bits per heavy atom. The third kappa shape index (κ3) is 3.81. The minimum atomic E-state index is -4.10. The molecule has 116 valence electrons. The van der Waals surface area contributed by atoms with Gasteiger partial charge in [-0.2, -0.15) is 0 Å². The van der Waals surface area contributed by atoms with E-state index in [1.54, 1.807) is 0 Å². The van der Waals surface area contributed by atoms with E-state index in [0.717, 1.165) is 6.07 Å². The molecule has 0 bridgehead atoms. The van der Waals surface area contributed by atoms with Crippen LogP contribution in [0.4, 0.5) is 0 Å². The highest BCUT2D eigenvalue weighted by Crippen LogP contribution is 2.33. The summed E-state index contributed by atoms with van der Waals surface area (Å²) in [5, 5.41) is 2.52. The van der Waals surface area contributed by atoms with Gasteiger partial charge in [0.2, 0.25) is 0 Å². The molecule has 1 aliphatic rings. The second-order valence-corrected chi connectivity index (χ2v) is 8.34. The molecule has 9 heteroatoms. The lowest BCUT2D eigenvalue weighted by Gasteiger charge is -2.23. The second kappa shape index (κ2) is 5.93. The molecule has 5 nitrogen and oxygen atoms in total. The SMILES string of the molecule is CC1(NC(=O)c2cc(Cl)c(Cl)c(S(=O)(=O)Cl)c2)CCOC1. The van der Waals surface area contributed by atoms with Crippen LogP contribution in [0.25, 0.3) is 0 Å². The van der Waals surface area contributed by atoms with Crippen molar-refractivity contribution in [2.45, 2.75) is 23.8 Å². The molecule has 1 heterocycles. The first-order valence-electron chi connectivity index (χ1n) is 5.96. The fourth-order valence-electron chi connectivity index (χ4n) is 1.98. The number of benzene rings is 1. The van der Waals surface area contributed by atoms with Crippen LogP contribution in [0.1, 0.15) is 23.7 Å². The van der Waals surface area contributed by atoms with Crippen molar-refractivity contribution in [3.8, 4) is 0 Å². The van der Waals surface area contributed by atoms with Crippen molar-refractivity contribution in [2.24, 2.45) is 0 Å². The number of ether oxygens (including phenoxy) is 1. The van der Waals surface area contributed by atoms with Crippen molar-refractivity contribution in [3.05, 3.63) is 27.7 Å². The van der Waals surface area contributed by atoms with Crippen molar-refractivity contribution >= 4 is 48.8 Å². The highest BCUT2D eigenvalue weighted by Gasteiger charge is 2.32. The van der Waals surface area contributed by atoms with Gasteiger partial charge in [-0.3, -0.25) is 4.79 Å². The molecule has 1 fully saturated rings. The lowest BCUT2D eigenvalue weighted by Crippen LogP contribution is -2.46. The Kier molecular flexibility index (Phi) is 4.75. The summed E-state index contributed by atoms with van der Waals surface area (Å²) in [7, 11) is 1.18. The number of rotatable bonds is 3. The summed E-state index contributed by atoms with van der Waals surface area (Å²) in [5.74, 6) is -0.469. The van der Waals surface area contributed by atoms with Gasteiger partial charge >= 0.3 is 0 Å². The first-order chi connectivity index (χ1) is 9.62. The number of halogens is 3. The summed E-state index contributed by atoms with van der Waals surface area (Å²) in [6.45, 7) is 2.79. The highest BCUT2D eigenvalue weighted by atomic mass is 35.7. The van der Waals surface area contributed by atoms with Gasteiger partial charge < -0.3 is 10.1 Å². The molecule has 1 atom stereocenters. The van der Waals surface area contributed by atoms with Crippen LogP contribution in [0.15, 0.2) is 17.0 Å². The highest BCUT2D eigenvalue weighted by molar-refractivity contribution is 8.13. The van der Waals surface area contributed by atoms with Crippen LogP contribution in [-0.2, 0) is 13.8 Å². The van der Waals surface area contributed by atoms with E-state index < -0.39 is 25.4 Å². The molecule has 0 spiro atoms. The molecular formula is C12H12Cl3NO4S. The Balaban J connectivity index is 2.36. The summed E-state index contributed by atoms with van der Waals surface area (Å²) in [5.41, 5.74) is -0.430. The average molecular weight is 373 g/mol. The average Bonchev–Trinajstić information content (AvgIpc) is 2.77. The van der Waals surface area contributed by atoms with Crippen LogP contribution in [0.5, 0.6) is 0 Å². The summed E-state index contributed by atoms with van der Waals surface area (Å²) in [6.07, 6.45) is 0.667. The van der Waals surface area contributed by atoms with E-state index >= 15 is 0 Å². The number of carbonyl (C=O) groups excluding carboxylic acids is 1. The van der Waals surface area contributed by atoms with Crippen molar-refractivity contribution < 1.29 is 17.9 Å². The number of amides is 1. The Bertz CT molecular complexity index is 684. The largest absolute Gasteiger partial charge is 0.379 e. The molecule has 0 aromatic heterocycles. The Morgan fingerprint density at radius 3 is 2.57 bits per heavy atom. The van der Waals surface area contributed by atoms with Gasteiger partial charge in [-0.1, -0.05) is 23.2 Å². The maximum atomic E-state index is 12.2. The van der Waals surface area contributed by atoms with Gasteiger partial charge in [0, 0.05) is 22.9 Å². The fourth-order valence-corrected chi connectivity index (χ4v) is 3.75. The third-order valence-corrected chi connectivity index (χ3v) is 5.41. The van der Waals surface area contributed by atoms with Gasteiger partial charge in [0.15, 0.2) is 0 Å².